The zero-order chi connectivity index (χ0) is 13.8. The Morgan fingerprint density at radius 2 is 1.95 bits per heavy atom. The molecule has 0 aliphatic rings. The lowest BCUT2D eigenvalue weighted by Crippen LogP contribution is -2.17. The number of nitrogens with zero attached hydrogens (tertiary/aromatic N) is 3. The fraction of sp³-hybridized carbons (Fsp3) is 0.167. The molecule has 5 nitrogen and oxygen atoms in total. The standard InChI is InChI=1S/C12H10Cl2N4O/c1-7-3-2-4-15-8(7)5-9(19)18-10-11(13)16-6-17-12(10)14/h2-4,6H,5H2,1H3,(H,18,19). The molecule has 0 fully saturated rings. The second-order valence-electron chi connectivity index (χ2n) is 3.82. The average molecular weight is 297 g/mol. The van der Waals surface area contributed by atoms with Crippen LogP contribution < -0.4 is 5.32 Å². The van der Waals surface area contributed by atoms with Crippen LogP contribution in [0.2, 0.25) is 10.3 Å². The molecule has 0 unspecified atom stereocenters. The third-order valence-electron chi connectivity index (χ3n) is 2.47. The SMILES string of the molecule is Cc1cccnc1CC(=O)Nc1c(Cl)ncnc1Cl. The smallest absolute Gasteiger partial charge is 0.230 e. The van der Waals surface area contributed by atoms with E-state index in [0.717, 1.165) is 5.56 Å². The van der Waals surface area contributed by atoms with Crippen LogP contribution >= 0.6 is 23.2 Å². The van der Waals surface area contributed by atoms with Gasteiger partial charge in [0.1, 0.15) is 12.0 Å². The van der Waals surface area contributed by atoms with E-state index < -0.39 is 0 Å². The first-order valence-corrected chi connectivity index (χ1v) is 6.20. The first-order valence-electron chi connectivity index (χ1n) is 5.44. The van der Waals surface area contributed by atoms with Gasteiger partial charge in [0.25, 0.3) is 0 Å². The van der Waals surface area contributed by atoms with E-state index in [1.807, 2.05) is 19.1 Å². The molecule has 0 saturated carbocycles. The monoisotopic (exact) mass is 296 g/mol. The lowest BCUT2D eigenvalue weighted by molar-refractivity contribution is -0.115. The first-order chi connectivity index (χ1) is 9.08. The van der Waals surface area contributed by atoms with Crippen molar-refractivity contribution in [3.05, 3.63) is 46.2 Å². The van der Waals surface area contributed by atoms with Crippen molar-refractivity contribution in [3.63, 3.8) is 0 Å². The number of nitrogens with one attached hydrogen (secondary N) is 1. The average Bonchev–Trinajstić information content (AvgIpc) is 2.37. The number of aryl methyl sites for hydroxylation is 1. The van der Waals surface area contributed by atoms with Gasteiger partial charge in [-0.2, -0.15) is 0 Å². The molecule has 1 amide bonds. The summed E-state index contributed by atoms with van der Waals surface area (Å²) in [7, 11) is 0. The molecule has 1 N–H and O–H groups in total. The van der Waals surface area contributed by atoms with E-state index in [0.29, 0.717) is 5.69 Å². The van der Waals surface area contributed by atoms with Gasteiger partial charge in [-0.1, -0.05) is 29.3 Å². The quantitative estimate of drug-likeness (QED) is 0.884. The lowest BCUT2D eigenvalue weighted by Gasteiger charge is -2.08. The summed E-state index contributed by atoms with van der Waals surface area (Å²) in [5, 5.41) is 2.79. The Morgan fingerprint density at radius 3 is 2.58 bits per heavy atom. The second-order valence-corrected chi connectivity index (χ2v) is 4.54. The predicted molar refractivity (Wildman–Crippen MR) is 73.4 cm³/mol. The molecule has 0 aliphatic carbocycles. The summed E-state index contributed by atoms with van der Waals surface area (Å²) in [6, 6.07) is 3.71. The first kappa shape index (κ1) is 13.7. The summed E-state index contributed by atoms with van der Waals surface area (Å²) >= 11 is 11.7. The Hall–Kier alpha value is -1.72. The third-order valence-corrected chi connectivity index (χ3v) is 3.04. The fourth-order valence-corrected chi connectivity index (χ4v) is 1.90. The van der Waals surface area contributed by atoms with Gasteiger partial charge in [-0.05, 0) is 18.6 Å². The number of pyridine rings is 1. The van der Waals surface area contributed by atoms with Crippen LogP contribution in [-0.2, 0) is 11.2 Å². The molecule has 2 heterocycles. The van der Waals surface area contributed by atoms with Crippen molar-refractivity contribution in [2.24, 2.45) is 0 Å². The van der Waals surface area contributed by atoms with Crippen molar-refractivity contribution in [1.29, 1.82) is 0 Å². The molecule has 2 aromatic rings. The summed E-state index contributed by atoms with van der Waals surface area (Å²) in [4.78, 5) is 23.6. The molecule has 0 atom stereocenters. The topological polar surface area (TPSA) is 67.8 Å². The number of aromatic nitrogens is 3. The van der Waals surface area contributed by atoms with E-state index in [-0.39, 0.29) is 28.3 Å². The van der Waals surface area contributed by atoms with Gasteiger partial charge in [0.2, 0.25) is 5.91 Å². The van der Waals surface area contributed by atoms with E-state index in [9.17, 15) is 4.79 Å². The van der Waals surface area contributed by atoms with E-state index in [1.165, 1.54) is 6.33 Å². The molecule has 0 spiro atoms. The maximum atomic E-state index is 11.9. The Bertz CT molecular complexity index is 598. The Morgan fingerprint density at radius 1 is 1.26 bits per heavy atom. The van der Waals surface area contributed by atoms with E-state index in [1.54, 1.807) is 6.20 Å². The molecule has 0 aliphatic heterocycles. The molecule has 0 saturated heterocycles. The van der Waals surface area contributed by atoms with Gasteiger partial charge in [0.05, 0.1) is 12.1 Å². The number of amides is 1. The number of anilines is 1. The van der Waals surface area contributed by atoms with Crippen molar-refractivity contribution in [3.8, 4) is 0 Å². The minimum Gasteiger partial charge on any atom is -0.321 e. The van der Waals surface area contributed by atoms with E-state index in [2.05, 4.69) is 20.3 Å². The number of rotatable bonds is 3. The maximum absolute atomic E-state index is 11.9. The zero-order valence-electron chi connectivity index (χ0n) is 10.0. The molecular weight excluding hydrogens is 287 g/mol. The Labute approximate surface area is 120 Å². The molecular formula is C12H10Cl2N4O. The Balaban J connectivity index is 2.12. The van der Waals surface area contributed by atoms with Crippen LogP contribution in [0.1, 0.15) is 11.3 Å². The molecule has 0 aromatic carbocycles. The van der Waals surface area contributed by atoms with Gasteiger partial charge in [0.15, 0.2) is 10.3 Å². The summed E-state index contributed by atoms with van der Waals surface area (Å²) in [5.41, 5.74) is 1.85. The van der Waals surface area contributed by atoms with Crippen molar-refractivity contribution in [2.75, 3.05) is 5.32 Å². The highest BCUT2D eigenvalue weighted by Crippen LogP contribution is 2.25. The number of hydrogen-bond donors (Lipinski definition) is 1. The Kier molecular flexibility index (Phi) is 4.29. The molecule has 0 radical (unpaired) electrons. The second kappa shape index (κ2) is 5.95. The number of hydrogen-bond acceptors (Lipinski definition) is 4. The third kappa shape index (κ3) is 3.39. The number of carbonyl (C=O) groups excluding carboxylic acids is 1. The van der Waals surface area contributed by atoms with Crippen molar-refractivity contribution in [1.82, 2.24) is 15.0 Å². The minimum absolute atomic E-state index is 0.103. The maximum Gasteiger partial charge on any atom is 0.230 e. The van der Waals surface area contributed by atoms with Crippen LogP contribution in [0.5, 0.6) is 0 Å². The minimum atomic E-state index is -0.277. The van der Waals surface area contributed by atoms with Gasteiger partial charge in [-0.3, -0.25) is 9.78 Å². The summed E-state index contributed by atoms with van der Waals surface area (Å²) in [6.07, 6.45) is 3.00. The van der Waals surface area contributed by atoms with Gasteiger partial charge < -0.3 is 5.32 Å². The molecule has 7 heteroatoms. The van der Waals surface area contributed by atoms with E-state index in [4.69, 9.17) is 23.2 Å². The van der Waals surface area contributed by atoms with Crippen molar-refractivity contribution in [2.45, 2.75) is 13.3 Å². The number of carbonyl (C=O) groups is 1. The largest absolute Gasteiger partial charge is 0.321 e. The van der Waals surface area contributed by atoms with Crippen LogP contribution in [-0.4, -0.2) is 20.9 Å². The highest BCUT2D eigenvalue weighted by molar-refractivity contribution is 6.38. The summed E-state index contributed by atoms with van der Waals surface area (Å²) in [5.74, 6) is -0.277. The van der Waals surface area contributed by atoms with Crippen LogP contribution in [0.4, 0.5) is 5.69 Å². The summed E-state index contributed by atoms with van der Waals surface area (Å²) in [6.45, 7) is 1.89. The molecule has 2 rings (SSSR count). The highest BCUT2D eigenvalue weighted by Gasteiger charge is 2.13. The van der Waals surface area contributed by atoms with Gasteiger partial charge in [0, 0.05) is 6.20 Å². The van der Waals surface area contributed by atoms with Crippen LogP contribution in [0, 0.1) is 6.92 Å². The normalized spacial score (nSPS) is 10.3. The summed E-state index contributed by atoms with van der Waals surface area (Å²) < 4.78 is 0. The molecule has 98 valence electrons. The molecule has 0 bridgehead atoms. The lowest BCUT2D eigenvalue weighted by atomic mass is 10.1. The van der Waals surface area contributed by atoms with Crippen LogP contribution in [0.15, 0.2) is 24.7 Å². The predicted octanol–water partition coefficient (Wildman–Crippen LogP) is 2.67. The molecule has 2 aromatic heterocycles. The highest BCUT2D eigenvalue weighted by atomic mass is 35.5. The van der Waals surface area contributed by atoms with Crippen LogP contribution in [0.3, 0.4) is 0 Å². The van der Waals surface area contributed by atoms with E-state index >= 15 is 0 Å². The zero-order valence-corrected chi connectivity index (χ0v) is 11.5. The van der Waals surface area contributed by atoms with Gasteiger partial charge >= 0.3 is 0 Å². The van der Waals surface area contributed by atoms with Crippen LogP contribution in [0.25, 0.3) is 0 Å². The van der Waals surface area contributed by atoms with Gasteiger partial charge in [-0.25, -0.2) is 9.97 Å². The molecule has 19 heavy (non-hydrogen) atoms. The number of halogens is 2. The fourth-order valence-electron chi connectivity index (χ4n) is 1.49. The van der Waals surface area contributed by atoms with Crippen molar-refractivity contribution >= 4 is 34.8 Å². The van der Waals surface area contributed by atoms with Gasteiger partial charge in [-0.15, -0.1) is 0 Å². The van der Waals surface area contributed by atoms with Crippen molar-refractivity contribution < 1.29 is 4.79 Å².